The average Bonchev–Trinajstić information content (AvgIpc) is 3.02. The van der Waals surface area contributed by atoms with E-state index in [-0.39, 0.29) is 67.8 Å². The highest BCUT2D eigenvalue weighted by Crippen LogP contribution is 2.47. The molecule has 0 radical (unpaired) electrons. The lowest BCUT2D eigenvalue weighted by molar-refractivity contribution is -0.143. The maximum atomic E-state index is 13.7. The zero-order valence-corrected chi connectivity index (χ0v) is 27.3. The van der Waals surface area contributed by atoms with Crippen molar-refractivity contribution in [3.05, 3.63) is 76.4 Å². The van der Waals surface area contributed by atoms with Crippen LogP contribution in [0.4, 0.5) is 42.5 Å². The monoisotopic (exact) mass is 697 g/mol. The number of rotatable bonds is 11. The van der Waals surface area contributed by atoms with Crippen LogP contribution in [0.3, 0.4) is 0 Å². The molecule has 16 heteroatoms. The van der Waals surface area contributed by atoms with Gasteiger partial charge in [-0.3, -0.25) is 9.69 Å². The maximum Gasteiger partial charge on any atom is 0.416 e. The minimum absolute atomic E-state index is 0.0231. The van der Waals surface area contributed by atoms with E-state index in [1.165, 1.54) is 11.1 Å². The number of amides is 1. The van der Waals surface area contributed by atoms with Crippen molar-refractivity contribution in [2.24, 2.45) is 5.73 Å². The minimum Gasteiger partial charge on any atom is -0.490 e. The maximum absolute atomic E-state index is 13.7. The number of aliphatic carboxylic acids is 1. The van der Waals surface area contributed by atoms with Gasteiger partial charge in [0.2, 0.25) is 0 Å². The first-order chi connectivity index (χ1) is 22.9. The van der Waals surface area contributed by atoms with Gasteiger partial charge in [-0.1, -0.05) is 6.92 Å². The van der Waals surface area contributed by atoms with Gasteiger partial charge in [-0.2, -0.15) is 26.3 Å². The number of ether oxygens (including phenoxy) is 2. The molecule has 4 rings (SSSR count). The summed E-state index contributed by atoms with van der Waals surface area (Å²) in [6.07, 6.45) is -9.85. The Kier molecular flexibility index (Phi) is 11.0. The van der Waals surface area contributed by atoms with Crippen LogP contribution in [0.5, 0.6) is 5.75 Å². The van der Waals surface area contributed by atoms with Gasteiger partial charge >= 0.3 is 24.4 Å². The molecule has 1 aliphatic rings. The summed E-state index contributed by atoms with van der Waals surface area (Å²) in [5, 5.41) is 8.99. The van der Waals surface area contributed by atoms with Gasteiger partial charge in [-0.15, -0.1) is 0 Å². The number of alkyl halides is 6. The summed E-state index contributed by atoms with van der Waals surface area (Å²) in [5.41, 5.74) is 4.02. The first kappa shape index (κ1) is 37.2. The van der Waals surface area contributed by atoms with Crippen molar-refractivity contribution in [1.29, 1.82) is 0 Å². The molecule has 0 spiro atoms. The van der Waals surface area contributed by atoms with Gasteiger partial charge in [0.1, 0.15) is 11.5 Å². The van der Waals surface area contributed by atoms with Gasteiger partial charge in [-0.25, -0.2) is 14.8 Å². The number of carboxylic acid groups (broad SMARTS) is 1. The SMILES string of the molecule is CCOC(=O)N1c2ccc(N(C)C)cc2[C@@H](c2ncc(OCCCC(=O)O)c(Cc3cc(C(F)(F)F)cc(C(F)(F)F)c3)n2)C[C@@]1(N)CC. The highest BCUT2D eigenvalue weighted by atomic mass is 19.4. The van der Waals surface area contributed by atoms with Crippen LogP contribution in [0.15, 0.2) is 42.6 Å². The molecular formula is C33H37F6N5O5. The van der Waals surface area contributed by atoms with E-state index in [4.69, 9.17) is 20.3 Å². The van der Waals surface area contributed by atoms with Crippen molar-refractivity contribution in [3.8, 4) is 5.75 Å². The lowest BCUT2D eigenvalue weighted by Gasteiger charge is -2.46. The zero-order chi connectivity index (χ0) is 36.3. The average molecular weight is 698 g/mol. The van der Waals surface area contributed by atoms with Crippen molar-refractivity contribution >= 4 is 23.4 Å². The number of fused-ring (bicyclic) bond motifs is 1. The zero-order valence-electron chi connectivity index (χ0n) is 27.3. The number of benzene rings is 2. The summed E-state index contributed by atoms with van der Waals surface area (Å²) in [6.45, 7) is 3.41. The van der Waals surface area contributed by atoms with E-state index in [1.54, 1.807) is 26.0 Å². The van der Waals surface area contributed by atoms with E-state index in [1.807, 2.05) is 25.1 Å². The van der Waals surface area contributed by atoms with Gasteiger partial charge in [0.15, 0.2) is 5.75 Å². The quantitative estimate of drug-likeness (QED) is 0.161. The topological polar surface area (TPSA) is 131 Å². The van der Waals surface area contributed by atoms with Gasteiger partial charge in [0.05, 0.1) is 41.9 Å². The van der Waals surface area contributed by atoms with E-state index < -0.39 is 53.5 Å². The summed E-state index contributed by atoms with van der Waals surface area (Å²) in [5.74, 6) is -1.66. The molecule has 266 valence electrons. The molecule has 49 heavy (non-hydrogen) atoms. The molecule has 2 heterocycles. The standard InChI is InChI=1S/C33H37F6N5O5/c1-5-31(40)17-24(23-16-22(43(3)4)9-10-26(23)44(31)30(47)48-6-2)29-41-18-27(49-11-7-8-28(45)46)25(42-29)14-19-12-20(32(34,35)36)15-21(13-19)33(37,38)39/h9-10,12-13,15-16,18,24H,5-8,11,14,17,40H2,1-4H3,(H,45,46)/t24-,31+/m0/s1. The number of carbonyl (C=O) groups excluding carboxylic acids is 1. The van der Waals surface area contributed by atoms with Crippen molar-refractivity contribution in [3.63, 3.8) is 0 Å². The molecular weight excluding hydrogens is 660 g/mol. The number of hydrogen-bond acceptors (Lipinski definition) is 8. The Bertz CT molecular complexity index is 1650. The molecule has 3 N–H and O–H groups in total. The first-order valence-corrected chi connectivity index (χ1v) is 15.4. The fraction of sp³-hybridized carbons (Fsp3) is 0.455. The molecule has 1 amide bonds. The number of carbonyl (C=O) groups is 2. The van der Waals surface area contributed by atoms with Crippen LogP contribution in [-0.4, -0.2) is 60.1 Å². The van der Waals surface area contributed by atoms with Gasteiger partial charge in [0.25, 0.3) is 0 Å². The van der Waals surface area contributed by atoms with Crippen LogP contribution in [0.2, 0.25) is 0 Å². The van der Waals surface area contributed by atoms with Gasteiger partial charge in [-0.05, 0) is 73.7 Å². The Balaban J connectivity index is 1.88. The number of anilines is 2. The molecule has 0 bridgehead atoms. The molecule has 0 unspecified atom stereocenters. The normalized spacial score (nSPS) is 17.8. The van der Waals surface area contributed by atoms with E-state index >= 15 is 0 Å². The van der Waals surface area contributed by atoms with Crippen molar-refractivity contribution < 1.29 is 50.5 Å². The lowest BCUT2D eigenvalue weighted by Crippen LogP contribution is -2.61. The number of nitrogens with two attached hydrogens (primary N) is 1. The Morgan fingerprint density at radius 3 is 2.27 bits per heavy atom. The number of halogens is 6. The molecule has 2 aromatic carbocycles. The second-order valence-corrected chi connectivity index (χ2v) is 11.9. The third-order valence-corrected chi connectivity index (χ3v) is 8.18. The summed E-state index contributed by atoms with van der Waals surface area (Å²) in [6, 6.07) is 6.60. The number of hydrogen-bond donors (Lipinski definition) is 2. The van der Waals surface area contributed by atoms with E-state index in [2.05, 4.69) is 9.97 Å². The molecule has 10 nitrogen and oxygen atoms in total. The van der Waals surface area contributed by atoms with Crippen LogP contribution < -0.4 is 20.3 Å². The lowest BCUT2D eigenvalue weighted by atomic mass is 9.80. The fourth-order valence-corrected chi connectivity index (χ4v) is 5.66. The van der Waals surface area contributed by atoms with E-state index in [0.717, 1.165) is 5.69 Å². The molecule has 0 saturated heterocycles. The summed E-state index contributed by atoms with van der Waals surface area (Å²) in [7, 11) is 3.63. The third-order valence-electron chi connectivity index (χ3n) is 8.18. The predicted molar refractivity (Wildman–Crippen MR) is 168 cm³/mol. The van der Waals surface area contributed by atoms with Crippen LogP contribution in [0.1, 0.15) is 79.2 Å². The molecule has 0 fully saturated rings. The van der Waals surface area contributed by atoms with Crippen molar-refractivity contribution in [1.82, 2.24) is 9.97 Å². The third kappa shape index (κ3) is 8.53. The highest BCUT2D eigenvalue weighted by Gasteiger charge is 2.46. The Morgan fingerprint density at radius 1 is 1.06 bits per heavy atom. The fourth-order valence-electron chi connectivity index (χ4n) is 5.66. The molecule has 1 aromatic heterocycles. The Labute approximate surface area is 278 Å². The molecule has 3 aromatic rings. The minimum atomic E-state index is -5.06. The van der Waals surface area contributed by atoms with Crippen LogP contribution in [0.25, 0.3) is 0 Å². The molecule has 2 atom stereocenters. The Morgan fingerprint density at radius 2 is 1.71 bits per heavy atom. The van der Waals surface area contributed by atoms with Gasteiger partial charge < -0.3 is 25.2 Å². The highest BCUT2D eigenvalue weighted by molar-refractivity contribution is 5.92. The second kappa shape index (κ2) is 14.5. The van der Waals surface area contributed by atoms with E-state index in [0.29, 0.717) is 23.4 Å². The van der Waals surface area contributed by atoms with Crippen molar-refractivity contribution in [2.45, 2.75) is 69.9 Å². The summed E-state index contributed by atoms with van der Waals surface area (Å²) < 4.78 is 93.2. The summed E-state index contributed by atoms with van der Waals surface area (Å²) in [4.78, 5) is 36.6. The number of carboxylic acids is 1. The predicted octanol–water partition coefficient (Wildman–Crippen LogP) is 6.98. The molecule has 1 aliphatic heterocycles. The van der Waals surface area contributed by atoms with Crippen LogP contribution >= 0.6 is 0 Å². The summed E-state index contributed by atoms with van der Waals surface area (Å²) >= 11 is 0. The smallest absolute Gasteiger partial charge is 0.416 e. The molecule has 0 aliphatic carbocycles. The van der Waals surface area contributed by atoms with Crippen LogP contribution in [0, 0.1) is 0 Å². The van der Waals surface area contributed by atoms with Crippen molar-refractivity contribution in [2.75, 3.05) is 37.1 Å². The second-order valence-electron chi connectivity index (χ2n) is 11.9. The largest absolute Gasteiger partial charge is 0.490 e. The van der Waals surface area contributed by atoms with E-state index in [9.17, 15) is 35.9 Å². The molecule has 0 saturated carbocycles. The number of aromatic nitrogens is 2. The Hall–Kier alpha value is -4.60. The number of nitrogens with zero attached hydrogens (tertiary/aromatic N) is 4. The van der Waals surface area contributed by atoms with Crippen LogP contribution in [-0.2, 0) is 28.3 Å². The first-order valence-electron chi connectivity index (χ1n) is 15.4. The van der Waals surface area contributed by atoms with Gasteiger partial charge in [0, 0.05) is 38.5 Å².